The number of aryl methyl sites for hydroxylation is 2. The molecule has 1 rings (SSSR count). The minimum atomic E-state index is -3.42. The van der Waals surface area contributed by atoms with Gasteiger partial charge < -0.3 is 4.74 Å². The molecule has 0 radical (unpaired) electrons. The van der Waals surface area contributed by atoms with Crippen molar-refractivity contribution in [3.05, 3.63) is 29.3 Å². The molecule has 1 aromatic carbocycles. The van der Waals surface area contributed by atoms with Gasteiger partial charge in [0.05, 0.1) is 4.90 Å². The Morgan fingerprint density at radius 2 is 1.95 bits per heavy atom. The summed E-state index contributed by atoms with van der Waals surface area (Å²) >= 11 is 0. The minimum Gasteiger partial charge on any atom is -0.381 e. The summed E-state index contributed by atoms with van der Waals surface area (Å²) in [5.41, 5.74) is 1.70. The highest BCUT2D eigenvalue weighted by Crippen LogP contribution is 2.16. The van der Waals surface area contributed by atoms with Gasteiger partial charge in [0.1, 0.15) is 0 Å². The molecule has 0 aliphatic heterocycles. The molecule has 1 aromatic rings. The van der Waals surface area contributed by atoms with Crippen molar-refractivity contribution in [3.8, 4) is 0 Å². The van der Waals surface area contributed by atoms with Crippen molar-refractivity contribution in [1.29, 1.82) is 0 Å². The van der Waals surface area contributed by atoms with Crippen LogP contribution in [0.25, 0.3) is 0 Å². The van der Waals surface area contributed by atoms with E-state index >= 15 is 0 Å². The topological polar surface area (TPSA) is 55.4 Å². The van der Waals surface area contributed by atoms with Crippen LogP contribution in [0.5, 0.6) is 0 Å². The first-order chi connectivity index (χ1) is 9.33. The third-order valence-electron chi connectivity index (χ3n) is 2.84. The van der Waals surface area contributed by atoms with Crippen LogP contribution in [0.2, 0.25) is 0 Å². The first-order valence-corrected chi connectivity index (χ1v) is 8.46. The molecule has 0 unspecified atom stereocenters. The van der Waals surface area contributed by atoms with Gasteiger partial charge in [-0.05, 0) is 43.4 Å². The summed E-state index contributed by atoms with van der Waals surface area (Å²) in [4.78, 5) is 0.362. The summed E-state index contributed by atoms with van der Waals surface area (Å²) in [6.07, 6.45) is 0.677. The zero-order valence-electron chi connectivity index (χ0n) is 12.8. The van der Waals surface area contributed by atoms with Crippen LogP contribution < -0.4 is 4.72 Å². The molecular weight excluding hydrogens is 274 g/mol. The van der Waals surface area contributed by atoms with Gasteiger partial charge in [-0.3, -0.25) is 0 Å². The molecule has 0 aliphatic rings. The van der Waals surface area contributed by atoms with Gasteiger partial charge in [0.15, 0.2) is 0 Å². The SMILES string of the molecule is Cc1ccc(C)c(S(=O)(=O)NCCCOCC(C)C)c1. The molecule has 0 atom stereocenters. The van der Waals surface area contributed by atoms with E-state index in [1.54, 1.807) is 13.0 Å². The van der Waals surface area contributed by atoms with E-state index in [0.717, 1.165) is 11.1 Å². The van der Waals surface area contributed by atoms with Crippen molar-refractivity contribution in [1.82, 2.24) is 4.72 Å². The average molecular weight is 299 g/mol. The lowest BCUT2D eigenvalue weighted by atomic mass is 10.2. The van der Waals surface area contributed by atoms with Gasteiger partial charge in [-0.1, -0.05) is 26.0 Å². The molecule has 0 saturated heterocycles. The summed E-state index contributed by atoms with van der Waals surface area (Å²) in [5.74, 6) is 0.502. The Morgan fingerprint density at radius 3 is 2.60 bits per heavy atom. The summed E-state index contributed by atoms with van der Waals surface area (Å²) in [5, 5.41) is 0. The molecule has 0 heterocycles. The Labute approximate surface area is 122 Å². The van der Waals surface area contributed by atoms with Crippen LogP contribution in [0.4, 0.5) is 0 Å². The van der Waals surface area contributed by atoms with Crippen LogP contribution in [0.15, 0.2) is 23.1 Å². The van der Waals surface area contributed by atoms with Gasteiger partial charge in [0, 0.05) is 19.8 Å². The van der Waals surface area contributed by atoms with Crippen molar-refractivity contribution < 1.29 is 13.2 Å². The van der Waals surface area contributed by atoms with E-state index in [2.05, 4.69) is 18.6 Å². The van der Waals surface area contributed by atoms with Crippen LogP contribution in [-0.4, -0.2) is 28.2 Å². The van der Waals surface area contributed by atoms with Crippen LogP contribution >= 0.6 is 0 Å². The van der Waals surface area contributed by atoms with Gasteiger partial charge in [0.25, 0.3) is 0 Å². The Bertz CT molecular complexity index is 524. The van der Waals surface area contributed by atoms with Crippen LogP contribution in [-0.2, 0) is 14.8 Å². The third-order valence-corrected chi connectivity index (χ3v) is 4.44. The van der Waals surface area contributed by atoms with Gasteiger partial charge in [-0.15, -0.1) is 0 Å². The summed E-state index contributed by atoms with van der Waals surface area (Å²) in [7, 11) is -3.42. The zero-order valence-corrected chi connectivity index (χ0v) is 13.6. The lowest BCUT2D eigenvalue weighted by Crippen LogP contribution is -2.26. The van der Waals surface area contributed by atoms with Crippen molar-refractivity contribution in [2.24, 2.45) is 5.92 Å². The predicted octanol–water partition coefficient (Wildman–Crippen LogP) is 2.64. The summed E-state index contributed by atoms with van der Waals surface area (Å²) < 4.78 is 32.4. The fourth-order valence-electron chi connectivity index (χ4n) is 1.77. The number of sulfonamides is 1. The minimum absolute atomic E-state index is 0.362. The monoisotopic (exact) mass is 299 g/mol. The van der Waals surface area contributed by atoms with Gasteiger partial charge in [-0.25, -0.2) is 13.1 Å². The highest BCUT2D eigenvalue weighted by Gasteiger charge is 2.15. The first kappa shape index (κ1) is 17.1. The predicted molar refractivity (Wildman–Crippen MR) is 81.4 cm³/mol. The van der Waals surface area contributed by atoms with Gasteiger partial charge in [0.2, 0.25) is 10.0 Å². The van der Waals surface area contributed by atoms with Crippen molar-refractivity contribution >= 4 is 10.0 Å². The first-order valence-electron chi connectivity index (χ1n) is 6.97. The number of ether oxygens (including phenoxy) is 1. The smallest absolute Gasteiger partial charge is 0.240 e. The zero-order chi connectivity index (χ0) is 15.2. The molecule has 0 saturated carbocycles. The molecule has 114 valence electrons. The maximum Gasteiger partial charge on any atom is 0.240 e. The summed E-state index contributed by atoms with van der Waals surface area (Å²) in [6.45, 7) is 9.55. The van der Waals surface area contributed by atoms with E-state index < -0.39 is 10.0 Å². The second-order valence-electron chi connectivity index (χ2n) is 5.49. The van der Waals surface area contributed by atoms with Crippen LogP contribution in [0, 0.1) is 19.8 Å². The van der Waals surface area contributed by atoms with E-state index in [1.807, 2.05) is 19.1 Å². The van der Waals surface area contributed by atoms with E-state index in [9.17, 15) is 8.42 Å². The Hall–Kier alpha value is -0.910. The average Bonchev–Trinajstić information content (AvgIpc) is 2.36. The molecule has 0 aliphatic carbocycles. The second-order valence-corrected chi connectivity index (χ2v) is 7.22. The molecule has 0 bridgehead atoms. The lowest BCUT2D eigenvalue weighted by molar-refractivity contribution is 0.108. The van der Waals surface area contributed by atoms with Crippen LogP contribution in [0.1, 0.15) is 31.4 Å². The molecule has 5 heteroatoms. The van der Waals surface area contributed by atoms with Crippen molar-refractivity contribution in [3.63, 3.8) is 0 Å². The molecule has 20 heavy (non-hydrogen) atoms. The van der Waals surface area contributed by atoms with E-state index in [-0.39, 0.29) is 0 Å². The quantitative estimate of drug-likeness (QED) is 0.751. The molecule has 1 N–H and O–H groups in total. The fraction of sp³-hybridized carbons (Fsp3) is 0.600. The standard InChI is InChI=1S/C15H25NO3S/c1-12(2)11-19-9-5-8-16-20(17,18)15-10-13(3)6-7-14(15)4/h6-7,10,12,16H,5,8-9,11H2,1-4H3. The van der Waals surface area contributed by atoms with Gasteiger partial charge in [-0.2, -0.15) is 0 Å². The number of benzene rings is 1. The molecule has 0 fully saturated rings. The summed E-state index contributed by atoms with van der Waals surface area (Å²) in [6, 6.07) is 5.44. The Morgan fingerprint density at radius 1 is 1.25 bits per heavy atom. The number of nitrogens with one attached hydrogen (secondary N) is 1. The van der Waals surface area contributed by atoms with Crippen LogP contribution in [0.3, 0.4) is 0 Å². The van der Waals surface area contributed by atoms with E-state index in [4.69, 9.17) is 4.74 Å². The highest BCUT2D eigenvalue weighted by atomic mass is 32.2. The normalized spacial score (nSPS) is 12.1. The fourth-order valence-corrected chi connectivity index (χ4v) is 3.18. The maximum absolute atomic E-state index is 12.2. The highest BCUT2D eigenvalue weighted by molar-refractivity contribution is 7.89. The molecule has 4 nitrogen and oxygen atoms in total. The van der Waals surface area contributed by atoms with Gasteiger partial charge >= 0.3 is 0 Å². The second kappa shape index (κ2) is 7.76. The lowest BCUT2D eigenvalue weighted by Gasteiger charge is -2.10. The number of hydrogen-bond donors (Lipinski definition) is 1. The largest absolute Gasteiger partial charge is 0.381 e. The van der Waals surface area contributed by atoms with Crippen molar-refractivity contribution in [2.75, 3.05) is 19.8 Å². The van der Waals surface area contributed by atoms with E-state index in [1.165, 1.54) is 0 Å². The third kappa shape index (κ3) is 5.61. The number of hydrogen-bond acceptors (Lipinski definition) is 3. The molecular formula is C15H25NO3S. The number of rotatable bonds is 8. The van der Waals surface area contributed by atoms with E-state index in [0.29, 0.717) is 37.0 Å². The Balaban J connectivity index is 2.48. The molecule has 0 amide bonds. The van der Waals surface area contributed by atoms with Crippen molar-refractivity contribution in [2.45, 2.75) is 39.0 Å². The molecule has 0 spiro atoms. The maximum atomic E-state index is 12.2. The Kier molecular flexibility index (Phi) is 6.65. The molecule has 0 aromatic heterocycles.